The van der Waals surface area contributed by atoms with Crippen LogP contribution >= 0.6 is 11.6 Å². The van der Waals surface area contributed by atoms with Gasteiger partial charge >= 0.3 is 5.97 Å². The van der Waals surface area contributed by atoms with Crippen molar-refractivity contribution in [2.24, 2.45) is 0 Å². The summed E-state index contributed by atoms with van der Waals surface area (Å²) in [7, 11) is 0. The second-order valence-electron chi connectivity index (χ2n) is 3.73. The highest BCUT2D eigenvalue weighted by Gasteiger charge is 2.13. The van der Waals surface area contributed by atoms with E-state index < -0.39 is 5.97 Å². The molecular formula is C12H11ClN2O2. The molecule has 0 atom stereocenters. The number of imidazole rings is 1. The first-order valence-electron chi connectivity index (χ1n) is 5.09. The van der Waals surface area contributed by atoms with Gasteiger partial charge in [0.15, 0.2) is 0 Å². The Morgan fingerprint density at radius 2 is 2.06 bits per heavy atom. The van der Waals surface area contributed by atoms with Gasteiger partial charge < -0.3 is 10.1 Å². The number of aromatic nitrogens is 2. The molecule has 0 radical (unpaired) electrons. The van der Waals surface area contributed by atoms with Gasteiger partial charge in [-0.05, 0) is 19.1 Å². The van der Waals surface area contributed by atoms with E-state index in [-0.39, 0.29) is 6.42 Å². The smallest absolute Gasteiger partial charge is 0.309 e. The molecule has 2 aromatic rings. The molecule has 1 aromatic carbocycles. The minimum Gasteiger partial charge on any atom is -0.481 e. The lowest BCUT2D eigenvalue weighted by Crippen LogP contribution is -2.01. The average molecular weight is 251 g/mol. The van der Waals surface area contributed by atoms with Crippen molar-refractivity contribution in [2.75, 3.05) is 0 Å². The molecule has 0 spiro atoms. The third-order valence-corrected chi connectivity index (χ3v) is 2.59. The summed E-state index contributed by atoms with van der Waals surface area (Å²) in [5.74, 6) is -0.185. The third kappa shape index (κ3) is 2.65. The molecule has 0 bridgehead atoms. The van der Waals surface area contributed by atoms with E-state index in [0.29, 0.717) is 22.2 Å². The molecule has 0 unspecified atom stereocenters. The number of hydrogen-bond acceptors (Lipinski definition) is 2. The van der Waals surface area contributed by atoms with E-state index in [1.54, 1.807) is 19.1 Å². The maximum absolute atomic E-state index is 10.7. The number of halogens is 1. The largest absolute Gasteiger partial charge is 0.481 e. The van der Waals surface area contributed by atoms with E-state index in [4.69, 9.17) is 16.7 Å². The molecule has 17 heavy (non-hydrogen) atoms. The Bertz CT molecular complexity index is 546. The van der Waals surface area contributed by atoms with E-state index in [0.717, 1.165) is 5.56 Å². The van der Waals surface area contributed by atoms with Crippen LogP contribution in [0, 0.1) is 6.92 Å². The molecule has 0 aliphatic rings. The molecule has 0 amide bonds. The van der Waals surface area contributed by atoms with Crippen molar-refractivity contribution in [2.45, 2.75) is 13.3 Å². The van der Waals surface area contributed by atoms with E-state index >= 15 is 0 Å². The van der Waals surface area contributed by atoms with Crippen LogP contribution in [0.5, 0.6) is 0 Å². The summed E-state index contributed by atoms with van der Waals surface area (Å²) >= 11 is 5.81. The van der Waals surface area contributed by atoms with Crippen LogP contribution in [0.25, 0.3) is 11.3 Å². The average Bonchev–Trinajstić information content (AvgIpc) is 2.59. The van der Waals surface area contributed by atoms with E-state index in [2.05, 4.69) is 9.97 Å². The standard InChI is InChI=1S/C12H11ClN2O2/c1-7-14-10(6-11(16)17)12(15-7)8-2-4-9(13)5-3-8/h2-5H,6H2,1H3,(H,14,15)(H,16,17). The van der Waals surface area contributed by atoms with Crippen molar-refractivity contribution < 1.29 is 9.90 Å². The van der Waals surface area contributed by atoms with E-state index in [9.17, 15) is 4.79 Å². The zero-order valence-electron chi connectivity index (χ0n) is 9.20. The predicted octanol–water partition coefficient (Wildman–Crippen LogP) is 2.67. The maximum atomic E-state index is 10.7. The fraction of sp³-hybridized carbons (Fsp3) is 0.167. The molecule has 0 aliphatic carbocycles. The number of benzene rings is 1. The lowest BCUT2D eigenvalue weighted by Gasteiger charge is -2.00. The van der Waals surface area contributed by atoms with Crippen LogP contribution in [-0.2, 0) is 11.2 Å². The second kappa shape index (κ2) is 4.59. The van der Waals surface area contributed by atoms with Crippen LogP contribution in [0.2, 0.25) is 5.02 Å². The topological polar surface area (TPSA) is 66.0 Å². The number of nitrogens with one attached hydrogen (secondary N) is 1. The first-order valence-corrected chi connectivity index (χ1v) is 5.47. The lowest BCUT2D eigenvalue weighted by molar-refractivity contribution is -0.136. The Labute approximate surface area is 103 Å². The zero-order chi connectivity index (χ0) is 12.4. The second-order valence-corrected chi connectivity index (χ2v) is 4.16. The summed E-state index contributed by atoms with van der Waals surface area (Å²) < 4.78 is 0. The third-order valence-electron chi connectivity index (χ3n) is 2.34. The quantitative estimate of drug-likeness (QED) is 0.880. The molecule has 1 aromatic heterocycles. The predicted molar refractivity (Wildman–Crippen MR) is 65.1 cm³/mol. The number of H-pyrrole nitrogens is 1. The number of carbonyl (C=O) groups is 1. The highest BCUT2D eigenvalue weighted by atomic mass is 35.5. The highest BCUT2D eigenvalue weighted by Crippen LogP contribution is 2.23. The van der Waals surface area contributed by atoms with Crippen LogP contribution in [0.15, 0.2) is 24.3 Å². The molecule has 4 nitrogen and oxygen atoms in total. The van der Waals surface area contributed by atoms with Crippen LogP contribution < -0.4 is 0 Å². The molecular weight excluding hydrogens is 240 g/mol. The minimum absolute atomic E-state index is 0.0706. The van der Waals surface area contributed by atoms with Gasteiger partial charge in [-0.15, -0.1) is 0 Å². The summed E-state index contributed by atoms with van der Waals surface area (Å²) in [6, 6.07) is 7.16. The number of nitrogens with zero attached hydrogens (tertiary/aromatic N) is 1. The van der Waals surface area contributed by atoms with Gasteiger partial charge in [0.1, 0.15) is 5.82 Å². The molecule has 5 heteroatoms. The van der Waals surface area contributed by atoms with Crippen molar-refractivity contribution in [3.05, 3.63) is 40.8 Å². The Hall–Kier alpha value is -1.81. The van der Waals surface area contributed by atoms with Gasteiger partial charge in [0, 0.05) is 10.6 Å². The molecule has 0 saturated carbocycles. The zero-order valence-corrected chi connectivity index (χ0v) is 9.95. The molecule has 0 fully saturated rings. The van der Waals surface area contributed by atoms with Crippen molar-refractivity contribution in [3.8, 4) is 11.3 Å². The number of aliphatic carboxylic acids is 1. The number of aryl methyl sites for hydroxylation is 1. The Morgan fingerprint density at radius 3 is 2.65 bits per heavy atom. The van der Waals surface area contributed by atoms with Crippen LogP contribution in [0.3, 0.4) is 0 Å². The summed E-state index contributed by atoms with van der Waals surface area (Å²) in [6.45, 7) is 1.80. The van der Waals surface area contributed by atoms with Gasteiger partial charge in [-0.2, -0.15) is 0 Å². The van der Waals surface area contributed by atoms with E-state index in [1.165, 1.54) is 0 Å². The Morgan fingerprint density at radius 1 is 1.41 bits per heavy atom. The fourth-order valence-electron chi connectivity index (χ4n) is 1.67. The molecule has 0 saturated heterocycles. The Kier molecular flexibility index (Phi) is 3.15. The van der Waals surface area contributed by atoms with Gasteiger partial charge in [0.2, 0.25) is 0 Å². The fourth-order valence-corrected chi connectivity index (χ4v) is 1.79. The first-order chi connectivity index (χ1) is 8.06. The number of carboxylic acids is 1. The SMILES string of the molecule is Cc1nc(-c2ccc(Cl)cc2)c(CC(=O)O)[nH]1. The van der Waals surface area contributed by atoms with Crippen molar-refractivity contribution in [1.29, 1.82) is 0 Å². The monoisotopic (exact) mass is 250 g/mol. The van der Waals surface area contributed by atoms with Gasteiger partial charge in [-0.1, -0.05) is 23.7 Å². The van der Waals surface area contributed by atoms with Crippen molar-refractivity contribution in [1.82, 2.24) is 9.97 Å². The van der Waals surface area contributed by atoms with Crippen molar-refractivity contribution in [3.63, 3.8) is 0 Å². The highest BCUT2D eigenvalue weighted by molar-refractivity contribution is 6.30. The van der Waals surface area contributed by atoms with Gasteiger partial charge in [-0.25, -0.2) is 4.98 Å². The number of hydrogen-bond donors (Lipinski definition) is 2. The van der Waals surface area contributed by atoms with E-state index in [1.807, 2.05) is 12.1 Å². The summed E-state index contributed by atoms with van der Waals surface area (Å²) in [5, 5.41) is 9.46. The van der Waals surface area contributed by atoms with Crippen LogP contribution in [-0.4, -0.2) is 21.0 Å². The number of carboxylic acid groups (broad SMARTS) is 1. The van der Waals surface area contributed by atoms with Gasteiger partial charge in [-0.3, -0.25) is 4.79 Å². The molecule has 1 heterocycles. The first kappa shape index (κ1) is 11.7. The number of rotatable bonds is 3. The summed E-state index contributed by atoms with van der Waals surface area (Å²) in [6.07, 6.45) is -0.0706. The van der Waals surface area contributed by atoms with Gasteiger partial charge in [0.25, 0.3) is 0 Å². The molecule has 0 aliphatic heterocycles. The van der Waals surface area contributed by atoms with Gasteiger partial charge in [0.05, 0.1) is 17.8 Å². The lowest BCUT2D eigenvalue weighted by atomic mass is 10.1. The Balaban J connectivity index is 2.43. The van der Waals surface area contributed by atoms with Crippen molar-refractivity contribution >= 4 is 17.6 Å². The normalized spacial score (nSPS) is 10.5. The van der Waals surface area contributed by atoms with Crippen LogP contribution in [0.4, 0.5) is 0 Å². The molecule has 2 N–H and O–H groups in total. The summed E-state index contributed by atoms with van der Waals surface area (Å²) in [4.78, 5) is 18.0. The number of aromatic amines is 1. The minimum atomic E-state index is -0.885. The molecule has 88 valence electrons. The summed E-state index contributed by atoms with van der Waals surface area (Å²) in [5.41, 5.74) is 2.13. The maximum Gasteiger partial charge on any atom is 0.309 e. The van der Waals surface area contributed by atoms with Crippen LogP contribution in [0.1, 0.15) is 11.5 Å². The molecule has 2 rings (SSSR count).